The summed E-state index contributed by atoms with van der Waals surface area (Å²) >= 11 is 0. The van der Waals surface area contributed by atoms with Gasteiger partial charge in [-0.05, 0) is 18.9 Å². The van der Waals surface area contributed by atoms with Gasteiger partial charge in [0, 0.05) is 19.2 Å². The Morgan fingerprint density at radius 1 is 1.42 bits per heavy atom. The molecule has 0 saturated carbocycles. The third kappa shape index (κ3) is 2.52. The maximum Gasteiger partial charge on any atom is 0.342 e. The number of rotatable bonds is 5. The molecule has 2 aliphatic rings. The molecule has 1 aromatic rings. The fourth-order valence-electron chi connectivity index (χ4n) is 3.56. The van der Waals surface area contributed by atoms with Gasteiger partial charge in [-0.1, -0.05) is 27.7 Å². The van der Waals surface area contributed by atoms with Gasteiger partial charge in [-0.15, -0.1) is 0 Å². The smallest absolute Gasteiger partial charge is 0.342 e. The normalized spacial score (nSPS) is 23.8. The molecule has 3 heterocycles. The van der Waals surface area contributed by atoms with Gasteiger partial charge in [0.05, 0.1) is 0 Å². The van der Waals surface area contributed by atoms with Gasteiger partial charge < -0.3 is 10.6 Å². The number of fused-ring (bicyclic) bond motifs is 3. The number of nitrogens with zero attached hydrogens (tertiary/aromatic N) is 4. The van der Waals surface area contributed by atoms with E-state index in [0.29, 0.717) is 11.5 Å². The van der Waals surface area contributed by atoms with Crippen LogP contribution in [0, 0.1) is 5.92 Å². The first-order chi connectivity index (χ1) is 11.8. The van der Waals surface area contributed by atoms with Crippen LogP contribution in [0.3, 0.4) is 0 Å². The molecule has 0 aromatic carbocycles. The molecule has 0 fully saturated rings. The van der Waals surface area contributed by atoms with Crippen molar-refractivity contribution in [2.24, 2.45) is 10.9 Å². The summed E-state index contributed by atoms with van der Waals surface area (Å²) < 4.78 is 1.85. The number of amides is 1. The zero-order valence-electron chi connectivity index (χ0n) is 15.8. The topological polar surface area (TPSA) is 107 Å². The van der Waals surface area contributed by atoms with Crippen LogP contribution < -0.4 is 4.57 Å². The maximum absolute atomic E-state index is 13.3. The molecule has 142 valence electrons. The minimum Gasteiger partial charge on any atom is -0.870 e. The van der Waals surface area contributed by atoms with E-state index < -0.39 is 11.5 Å². The van der Waals surface area contributed by atoms with Crippen molar-refractivity contribution in [3.8, 4) is 0 Å². The van der Waals surface area contributed by atoms with E-state index in [4.69, 9.17) is 4.99 Å². The van der Waals surface area contributed by atoms with E-state index in [9.17, 15) is 14.7 Å². The molecule has 8 heteroatoms. The predicted octanol–water partition coefficient (Wildman–Crippen LogP) is 1.31. The van der Waals surface area contributed by atoms with Gasteiger partial charge in [0.25, 0.3) is 11.6 Å². The highest BCUT2D eigenvalue weighted by Gasteiger charge is 2.60. The largest absolute Gasteiger partial charge is 0.870 e. The highest BCUT2D eigenvalue weighted by molar-refractivity contribution is 6.17. The molecule has 2 unspecified atom stereocenters. The second-order valence-electron chi connectivity index (χ2n) is 6.96. The van der Waals surface area contributed by atoms with Crippen LogP contribution >= 0.6 is 0 Å². The Bertz CT molecular complexity index is 772. The van der Waals surface area contributed by atoms with Crippen LogP contribution in [0.25, 0.3) is 0 Å². The van der Waals surface area contributed by atoms with Crippen molar-refractivity contribution in [3.63, 3.8) is 0 Å². The molecule has 3 rings (SSSR count). The zero-order valence-corrected chi connectivity index (χ0v) is 15.8. The first kappa shape index (κ1) is 20.0. The van der Waals surface area contributed by atoms with Gasteiger partial charge in [0.2, 0.25) is 5.84 Å². The molecule has 1 amide bonds. The number of carboxylic acid groups (broad SMARTS) is 1. The van der Waals surface area contributed by atoms with Crippen molar-refractivity contribution in [2.45, 2.75) is 46.4 Å². The SMILES string of the molecule is CCN(CC)C1N2C(=O)C(C)(C(C)C)N=C2c2c(C(=O)O)ccc[n+]21.[OH-]. The number of aliphatic imine (C=N–C) groups is 1. The molecule has 0 bridgehead atoms. The Hall–Kier alpha value is -2.32. The van der Waals surface area contributed by atoms with Gasteiger partial charge in [0.15, 0.2) is 6.20 Å². The Balaban J connectivity index is 0.00000243. The second kappa shape index (κ2) is 6.77. The fourth-order valence-corrected chi connectivity index (χ4v) is 3.56. The van der Waals surface area contributed by atoms with E-state index in [-0.39, 0.29) is 29.2 Å². The number of carbonyl (C=O) groups excluding carboxylic acids is 1. The Morgan fingerprint density at radius 3 is 2.54 bits per heavy atom. The summed E-state index contributed by atoms with van der Waals surface area (Å²) in [4.78, 5) is 33.6. The van der Waals surface area contributed by atoms with E-state index in [1.165, 1.54) is 0 Å². The van der Waals surface area contributed by atoms with Crippen LogP contribution in [-0.2, 0) is 4.79 Å². The number of amidine groups is 1. The monoisotopic (exact) mass is 362 g/mol. The van der Waals surface area contributed by atoms with E-state index >= 15 is 0 Å². The van der Waals surface area contributed by atoms with Crippen molar-refractivity contribution < 1.29 is 24.7 Å². The molecular weight excluding hydrogens is 336 g/mol. The lowest BCUT2D eigenvalue weighted by atomic mass is 9.89. The molecular formula is C18H26N4O4. The Morgan fingerprint density at radius 2 is 2.04 bits per heavy atom. The number of hydrogen-bond donors (Lipinski definition) is 1. The van der Waals surface area contributed by atoms with Crippen LogP contribution in [-0.4, -0.2) is 56.7 Å². The van der Waals surface area contributed by atoms with E-state index in [2.05, 4.69) is 4.90 Å². The van der Waals surface area contributed by atoms with Crippen LogP contribution in [0.15, 0.2) is 23.3 Å². The molecule has 2 aliphatic heterocycles. The lowest BCUT2D eigenvalue weighted by Gasteiger charge is -2.30. The molecule has 8 nitrogen and oxygen atoms in total. The average Bonchev–Trinajstić information content (AvgIpc) is 3.02. The van der Waals surface area contributed by atoms with Gasteiger partial charge in [-0.25, -0.2) is 19.6 Å². The minimum atomic E-state index is -1.02. The van der Waals surface area contributed by atoms with Crippen LogP contribution in [0.5, 0.6) is 0 Å². The molecule has 1 aromatic heterocycles. The fraction of sp³-hybridized carbons (Fsp3) is 0.556. The predicted molar refractivity (Wildman–Crippen MR) is 94.1 cm³/mol. The summed E-state index contributed by atoms with van der Waals surface area (Å²) in [5.74, 6) is -0.607. The average molecular weight is 362 g/mol. The summed E-state index contributed by atoms with van der Waals surface area (Å²) in [5, 5.41) is 9.63. The van der Waals surface area contributed by atoms with Crippen LogP contribution in [0.2, 0.25) is 0 Å². The first-order valence-electron chi connectivity index (χ1n) is 8.73. The summed E-state index contributed by atoms with van der Waals surface area (Å²) in [6.45, 7) is 11.3. The van der Waals surface area contributed by atoms with Crippen molar-refractivity contribution >= 4 is 17.7 Å². The second-order valence-corrected chi connectivity index (χ2v) is 6.96. The standard InChI is InChI=1S/C18H24N4O3.H2O/c1-6-20(7-2)17-21-10-8-9-12(15(23)24)13(21)14-19-18(5,11(3)4)16(25)22(14)17;/h8-11,17H,6-7H2,1-5H3;1H2. The highest BCUT2D eigenvalue weighted by atomic mass is 16.4. The summed E-state index contributed by atoms with van der Waals surface area (Å²) in [5.41, 5.74) is -0.198. The van der Waals surface area contributed by atoms with E-state index in [1.54, 1.807) is 17.0 Å². The van der Waals surface area contributed by atoms with E-state index in [0.717, 1.165) is 13.1 Å². The number of pyridine rings is 1. The van der Waals surface area contributed by atoms with E-state index in [1.807, 2.05) is 45.4 Å². The van der Waals surface area contributed by atoms with Crippen LogP contribution in [0.1, 0.15) is 57.0 Å². The third-order valence-electron chi connectivity index (χ3n) is 5.43. The van der Waals surface area contributed by atoms with Gasteiger partial charge in [-0.3, -0.25) is 4.79 Å². The Labute approximate surface area is 153 Å². The third-order valence-corrected chi connectivity index (χ3v) is 5.43. The van der Waals surface area contributed by atoms with Crippen LogP contribution in [0.4, 0.5) is 0 Å². The summed E-state index contributed by atoms with van der Waals surface area (Å²) in [6.07, 6.45) is 1.45. The highest BCUT2D eigenvalue weighted by Crippen LogP contribution is 2.38. The number of aromatic carboxylic acids is 1. The summed E-state index contributed by atoms with van der Waals surface area (Å²) in [6, 6.07) is 3.27. The molecule has 26 heavy (non-hydrogen) atoms. The van der Waals surface area contributed by atoms with Crippen molar-refractivity contribution in [2.75, 3.05) is 13.1 Å². The molecule has 2 N–H and O–H groups in total. The molecule has 0 radical (unpaired) electrons. The maximum atomic E-state index is 13.3. The lowest BCUT2D eigenvalue weighted by molar-refractivity contribution is -0.749. The number of aromatic nitrogens is 1. The summed E-state index contributed by atoms with van der Waals surface area (Å²) in [7, 11) is 0. The minimum absolute atomic E-state index is 0. The Kier molecular flexibility index (Phi) is 5.21. The van der Waals surface area contributed by atoms with Gasteiger partial charge in [0.1, 0.15) is 11.1 Å². The van der Waals surface area contributed by atoms with Crippen molar-refractivity contribution in [3.05, 3.63) is 29.6 Å². The zero-order chi connectivity index (χ0) is 18.5. The molecule has 0 aliphatic carbocycles. The number of carboxylic acids is 1. The van der Waals surface area contributed by atoms with Gasteiger partial charge in [-0.2, -0.15) is 4.57 Å². The quantitative estimate of drug-likeness (QED) is 0.795. The molecule has 2 atom stereocenters. The molecule has 0 spiro atoms. The van der Waals surface area contributed by atoms with Crippen molar-refractivity contribution in [1.82, 2.24) is 9.80 Å². The first-order valence-corrected chi connectivity index (χ1v) is 8.73. The lowest BCUT2D eigenvalue weighted by Crippen LogP contribution is -2.57. The molecule has 0 saturated heterocycles. The number of hydrogen-bond acceptors (Lipinski definition) is 5. The van der Waals surface area contributed by atoms with Gasteiger partial charge >= 0.3 is 12.3 Å². The van der Waals surface area contributed by atoms with Crippen molar-refractivity contribution in [1.29, 1.82) is 0 Å². The number of carbonyl (C=O) groups is 2.